The summed E-state index contributed by atoms with van der Waals surface area (Å²) in [7, 11) is 1.68. The van der Waals surface area contributed by atoms with Crippen LogP contribution in [0, 0.1) is 5.92 Å². The number of hydrogen-bond acceptors (Lipinski definition) is 3. The molecule has 3 nitrogen and oxygen atoms in total. The molecule has 1 rings (SSSR count). The highest BCUT2D eigenvalue weighted by Gasteiger charge is 2.25. The normalized spacial score (nSPS) is 16.6. The van der Waals surface area contributed by atoms with Crippen LogP contribution in [0.1, 0.15) is 32.4 Å². The number of rotatable bonds is 7. The van der Waals surface area contributed by atoms with Gasteiger partial charge in [0.15, 0.2) is 0 Å². The van der Waals surface area contributed by atoms with E-state index in [2.05, 4.69) is 13.8 Å². The molecule has 2 N–H and O–H groups in total. The van der Waals surface area contributed by atoms with Crippen LogP contribution >= 0.6 is 0 Å². The largest absolute Gasteiger partial charge is 0.382 e. The van der Waals surface area contributed by atoms with Crippen LogP contribution < -0.4 is 5.73 Å². The van der Waals surface area contributed by atoms with Crippen LogP contribution in [0.3, 0.4) is 0 Å². The van der Waals surface area contributed by atoms with Crippen molar-refractivity contribution >= 4 is 0 Å². The lowest BCUT2D eigenvalue weighted by Gasteiger charge is -2.30. The minimum absolute atomic E-state index is 0.00227. The zero-order chi connectivity index (χ0) is 13.5. The average molecular weight is 251 g/mol. The molecule has 0 aliphatic rings. The van der Waals surface area contributed by atoms with Crippen LogP contribution in [0.2, 0.25) is 0 Å². The van der Waals surface area contributed by atoms with Gasteiger partial charge in [0, 0.05) is 7.11 Å². The van der Waals surface area contributed by atoms with Gasteiger partial charge in [0.25, 0.3) is 0 Å². The van der Waals surface area contributed by atoms with Crippen molar-refractivity contribution in [3.05, 3.63) is 35.9 Å². The van der Waals surface area contributed by atoms with Gasteiger partial charge in [-0.15, -0.1) is 0 Å². The molecule has 3 unspecified atom stereocenters. The number of benzene rings is 1. The highest BCUT2D eigenvalue weighted by Crippen LogP contribution is 2.23. The van der Waals surface area contributed by atoms with E-state index in [-0.39, 0.29) is 18.2 Å². The molecular weight excluding hydrogens is 226 g/mol. The Hall–Kier alpha value is -0.900. The minimum atomic E-state index is -0.106. The molecule has 0 fully saturated rings. The predicted octanol–water partition coefficient (Wildman–Crippen LogP) is 2.76. The Bertz CT molecular complexity index is 327. The first-order chi connectivity index (χ1) is 8.56. The molecule has 102 valence electrons. The molecule has 0 saturated heterocycles. The second-order valence-corrected chi connectivity index (χ2v) is 5.05. The monoisotopic (exact) mass is 251 g/mol. The van der Waals surface area contributed by atoms with Crippen LogP contribution in [0.25, 0.3) is 0 Å². The van der Waals surface area contributed by atoms with Gasteiger partial charge >= 0.3 is 0 Å². The molecule has 0 heterocycles. The quantitative estimate of drug-likeness (QED) is 0.810. The third-order valence-corrected chi connectivity index (χ3v) is 2.99. The Labute approximate surface area is 110 Å². The van der Waals surface area contributed by atoms with Crippen molar-refractivity contribution in [2.45, 2.75) is 39.0 Å². The van der Waals surface area contributed by atoms with E-state index in [0.717, 1.165) is 5.56 Å². The van der Waals surface area contributed by atoms with Gasteiger partial charge in [0.05, 0.1) is 24.9 Å². The summed E-state index contributed by atoms with van der Waals surface area (Å²) in [6.07, 6.45) is 0.0507. The first-order valence-electron chi connectivity index (χ1n) is 6.51. The van der Waals surface area contributed by atoms with E-state index in [9.17, 15) is 0 Å². The van der Waals surface area contributed by atoms with Gasteiger partial charge in [-0.05, 0) is 18.4 Å². The van der Waals surface area contributed by atoms with E-state index in [1.165, 1.54) is 0 Å². The first-order valence-corrected chi connectivity index (χ1v) is 6.51. The highest BCUT2D eigenvalue weighted by molar-refractivity contribution is 5.19. The van der Waals surface area contributed by atoms with Crippen molar-refractivity contribution < 1.29 is 9.47 Å². The van der Waals surface area contributed by atoms with Crippen molar-refractivity contribution in [2.75, 3.05) is 13.7 Å². The summed E-state index contributed by atoms with van der Waals surface area (Å²) in [6.45, 7) is 6.86. The molecule has 18 heavy (non-hydrogen) atoms. The number of hydrogen-bond donors (Lipinski definition) is 1. The Morgan fingerprint density at radius 2 is 1.72 bits per heavy atom. The maximum absolute atomic E-state index is 6.32. The van der Waals surface area contributed by atoms with E-state index in [1.807, 2.05) is 37.3 Å². The summed E-state index contributed by atoms with van der Waals surface area (Å²) in [5.74, 6) is 0.361. The van der Waals surface area contributed by atoms with E-state index in [1.54, 1.807) is 7.11 Å². The van der Waals surface area contributed by atoms with Gasteiger partial charge < -0.3 is 15.2 Å². The zero-order valence-electron chi connectivity index (χ0n) is 11.8. The molecule has 3 heteroatoms. The Morgan fingerprint density at radius 3 is 2.22 bits per heavy atom. The van der Waals surface area contributed by atoms with Crippen LogP contribution in [-0.2, 0) is 9.47 Å². The maximum atomic E-state index is 6.32. The summed E-state index contributed by atoms with van der Waals surface area (Å²) in [6, 6.07) is 9.99. The lowest BCUT2D eigenvalue weighted by Crippen LogP contribution is -2.37. The van der Waals surface area contributed by atoms with Gasteiger partial charge in [-0.1, -0.05) is 44.2 Å². The molecule has 1 aromatic rings. The lowest BCUT2D eigenvalue weighted by atomic mass is 9.94. The third kappa shape index (κ3) is 4.41. The molecule has 0 bridgehead atoms. The molecule has 0 saturated carbocycles. The average Bonchev–Trinajstić information content (AvgIpc) is 2.36. The lowest BCUT2D eigenvalue weighted by molar-refractivity contribution is -0.0677. The fraction of sp³-hybridized carbons (Fsp3) is 0.600. The molecule has 0 aliphatic heterocycles. The second-order valence-electron chi connectivity index (χ2n) is 5.05. The molecule has 0 aromatic heterocycles. The Balaban J connectivity index is 2.73. The molecule has 1 aromatic carbocycles. The van der Waals surface area contributed by atoms with Gasteiger partial charge in [-0.25, -0.2) is 0 Å². The molecule has 0 amide bonds. The van der Waals surface area contributed by atoms with E-state index < -0.39 is 0 Å². The zero-order valence-corrected chi connectivity index (χ0v) is 11.8. The SMILES string of the molecule is COCC(C)OC(C(C)C)C(N)c1ccccc1. The van der Waals surface area contributed by atoms with E-state index >= 15 is 0 Å². The fourth-order valence-corrected chi connectivity index (χ4v) is 2.06. The van der Waals surface area contributed by atoms with Crippen molar-refractivity contribution in [3.63, 3.8) is 0 Å². The standard InChI is InChI=1S/C15H25NO2/c1-11(2)15(18-12(3)10-17-4)14(16)13-8-6-5-7-9-13/h5-9,11-12,14-15H,10,16H2,1-4H3. The number of nitrogens with two attached hydrogens (primary N) is 1. The van der Waals surface area contributed by atoms with E-state index in [4.69, 9.17) is 15.2 Å². The van der Waals surface area contributed by atoms with Crippen molar-refractivity contribution in [1.29, 1.82) is 0 Å². The predicted molar refractivity (Wildman–Crippen MR) is 74.4 cm³/mol. The van der Waals surface area contributed by atoms with Gasteiger partial charge in [-0.2, -0.15) is 0 Å². The topological polar surface area (TPSA) is 44.5 Å². The second kappa shape index (κ2) is 7.52. The summed E-state index contributed by atoms with van der Waals surface area (Å²) in [5.41, 5.74) is 7.43. The van der Waals surface area contributed by atoms with Crippen LogP contribution in [-0.4, -0.2) is 25.9 Å². The number of ether oxygens (including phenoxy) is 2. The van der Waals surface area contributed by atoms with Crippen molar-refractivity contribution in [1.82, 2.24) is 0 Å². The Kier molecular flexibility index (Phi) is 6.33. The summed E-state index contributed by atoms with van der Waals surface area (Å²) in [4.78, 5) is 0. The van der Waals surface area contributed by atoms with Gasteiger partial charge in [-0.3, -0.25) is 0 Å². The van der Waals surface area contributed by atoms with Crippen molar-refractivity contribution in [2.24, 2.45) is 11.7 Å². The molecule has 0 spiro atoms. The highest BCUT2D eigenvalue weighted by atomic mass is 16.5. The molecule has 0 aliphatic carbocycles. The number of methoxy groups -OCH3 is 1. The van der Waals surface area contributed by atoms with Gasteiger partial charge in [0.2, 0.25) is 0 Å². The van der Waals surface area contributed by atoms with Crippen LogP contribution in [0.15, 0.2) is 30.3 Å². The summed E-state index contributed by atoms with van der Waals surface area (Å²) in [5, 5.41) is 0. The van der Waals surface area contributed by atoms with Crippen molar-refractivity contribution in [3.8, 4) is 0 Å². The molecular formula is C15H25NO2. The van der Waals surface area contributed by atoms with E-state index in [0.29, 0.717) is 12.5 Å². The Morgan fingerprint density at radius 1 is 1.11 bits per heavy atom. The van der Waals surface area contributed by atoms with Crippen LogP contribution in [0.4, 0.5) is 0 Å². The van der Waals surface area contributed by atoms with Crippen LogP contribution in [0.5, 0.6) is 0 Å². The summed E-state index contributed by atoms with van der Waals surface area (Å²) >= 11 is 0. The molecule has 3 atom stereocenters. The smallest absolute Gasteiger partial charge is 0.0795 e. The molecule has 0 radical (unpaired) electrons. The summed E-state index contributed by atoms with van der Waals surface area (Å²) < 4.78 is 11.1. The first kappa shape index (κ1) is 15.2. The fourth-order valence-electron chi connectivity index (χ4n) is 2.06. The van der Waals surface area contributed by atoms with Gasteiger partial charge in [0.1, 0.15) is 0 Å². The third-order valence-electron chi connectivity index (χ3n) is 2.99. The minimum Gasteiger partial charge on any atom is -0.382 e. The maximum Gasteiger partial charge on any atom is 0.0795 e.